The number of hydrogen-bond donors (Lipinski definition) is 0. The van der Waals surface area contributed by atoms with Gasteiger partial charge in [-0.25, -0.2) is 0 Å². The molecule has 116 valence electrons. The fraction of sp³-hybridized carbons (Fsp3) is 0.150. The summed E-state index contributed by atoms with van der Waals surface area (Å²) in [5.41, 5.74) is 4.50. The molecule has 0 N–H and O–H groups in total. The van der Waals surface area contributed by atoms with Crippen molar-refractivity contribution in [2.24, 2.45) is 0 Å². The standard InChI is InChI=1S/C20H19NO2/c1-22-19-9-8-15(14-20(19)23-2)12-16-10-11-21-18(13-16)17-6-4-3-5-7-17/h3-11,13-14H,12H2,1-2H3. The van der Waals surface area contributed by atoms with Crippen molar-refractivity contribution in [3.63, 3.8) is 0 Å². The van der Waals surface area contributed by atoms with Crippen molar-refractivity contribution in [1.82, 2.24) is 4.98 Å². The van der Waals surface area contributed by atoms with Crippen molar-refractivity contribution in [2.75, 3.05) is 14.2 Å². The van der Waals surface area contributed by atoms with E-state index < -0.39 is 0 Å². The second-order valence-corrected chi connectivity index (χ2v) is 5.28. The van der Waals surface area contributed by atoms with E-state index in [0.717, 1.165) is 29.2 Å². The number of nitrogens with zero attached hydrogens (tertiary/aromatic N) is 1. The number of ether oxygens (including phenoxy) is 2. The smallest absolute Gasteiger partial charge is 0.160 e. The maximum atomic E-state index is 5.37. The Balaban J connectivity index is 1.86. The molecule has 0 aliphatic rings. The number of aromatic nitrogens is 1. The molecule has 1 heterocycles. The van der Waals surface area contributed by atoms with Crippen molar-refractivity contribution >= 4 is 0 Å². The molecule has 0 saturated heterocycles. The SMILES string of the molecule is COc1ccc(Cc2ccnc(-c3ccccc3)c2)cc1OC. The third kappa shape index (κ3) is 3.51. The van der Waals surface area contributed by atoms with E-state index in [9.17, 15) is 0 Å². The normalized spacial score (nSPS) is 10.3. The Morgan fingerprint density at radius 2 is 1.52 bits per heavy atom. The summed E-state index contributed by atoms with van der Waals surface area (Å²) in [6.07, 6.45) is 2.68. The van der Waals surface area contributed by atoms with Crippen molar-refractivity contribution in [2.45, 2.75) is 6.42 Å². The molecular formula is C20H19NO2. The van der Waals surface area contributed by atoms with Gasteiger partial charge in [0.25, 0.3) is 0 Å². The van der Waals surface area contributed by atoms with Gasteiger partial charge in [0.1, 0.15) is 0 Å². The predicted octanol–water partition coefficient (Wildman–Crippen LogP) is 4.36. The number of pyridine rings is 1. The van der Waals surface area contributed by atoms with Crippen LogP contribution in [-0.4, -0.2) is 19.2 Å². The van der Waals surface area contributed by atoms with Gasteiger partial charge in [-0.2, -0.15) is 0 Å². The molecule has 1 aromatic heterocycles. The van der Waals surface area contributed by atoms with Gasteiger partial charge in [-0.15, -0.1) is 0 Å². The van der Waals surface area contributed by atoms with Crippen LogP contribution in [0.3, 0.4) is 0 Å². The van der Waals surface area contributed by atoms with Crippen LogP contribution in [0, 0.1) is 0 Å². The van der Waals surface area contributed by atoms with Crippen LogP contribution in [0.15, 0.2) is 66.9 Å². The minimum Gasteiger partial charge on any atom is -0.493 e. The molecule has 0 aliphatic heterocycles. The molecule has 0 fully saturated rings. The molecule has 0 radical (unpaired) electrons. The van der Waals surface area contributed by atoms with E-state index >= 15 is 0 Å². The Labute approximate surface area is 136 Å². The van der Waals surface area contributed by atoms with E-state index in [0.29, 0.717) is 0 Å². The van der Waals surface area contributed by atoms with Gasteiger partial charge in [0.15, 0.2) is 11.5 Å². The monoisotopic (exact) mass is 305 g/mol. The van der Waals surface area contributed by atoms with Crippen LogP contribution in [-0.2, 0) is 6.42 Å². The maximum Gasteiger partial charge on any atom is 0.160 e. The summed E-state index contributed by atoms with van der Waals surface area (Å²) in [6.45, 7) is 0. The summed E-state index contributed by atoms with van der Waals surface area (Å²) in [5.74, 6) is 1.50. The summed E-state index contributed by atoms with van der Waals surface area (Å²) in [7, 11) is 3.30. The molecule has 0 spiro atoms. The van der Waals surface area contributed by atoms with Gasteiger partial charge in [0.05, 0.1) is 19.9 Å². The minimum absolute atomic E-state index is 0.746. The highest BCUT2D eigenvalue weighted by Crippen LogP contribution is 2.28. The summed E-state index contributed by atoms with van der Waals surface area (Å²) in [6, 6.07) is 20.4. The first kappa shape index (κ1) is 15.1. The van der Waals surface area contributed by atoms with Crippen LogP contribution in [0.4, 0.5) is 0 Å². The molecule has 23 heavy (non-hydrogen) atoms. The van der Waals surface area contributed by atoms with Crippen molar-refractivity contribution in [1.29, 1.82) is 0 Å². The molecule has 0 amide bonds. The van der Waals surface area contributed by atoms with Gasteiger partial charge >= 0.3 is 0 Å². The van der Waals surface area contributed by atoms with Gasteiger partial charge < -0.3 is 9.47 Å². The molecule has 0 unspecified atom stereocenters. The number of hydrogen-bond acceptors (Lipinski definition) is 3. The number of benzene rings is 2. The summed E-state index contributed by atoms with van der Waals surface area (Å²) in [5, 5.41) is 0. The van der Waals surface area contributed by atoms with E-state index in [4.69, 9.17) is 9.47 Å². The summed E-state index contributed by atoms with van der Waals surface area (Å²) >= 11 is 0. The van der Waals surface area contributed by atoms with Crippen molar-refractivity contribution in [3.05, 3.63) is 78.0 Å². The Bertz CT molecular complexity index is 785. The lowest BCUT2D eigenvalue weighted by atomic mass is 10.0. The fourth-order valence-electron chi connectivity index (χ4n) is 2.58. The molecule has 0 saturated carbocycles. The first-order valence-corrected chi connectivity index (χ1v) is 7.51. The molecule has 3 aromatic rings. The van der Waals surface area contributed by atoms with Crippen LogP contribution in [0.25, 0.3) is 11.3 Å². The number of methoxy groups -OCH3 is 2. The predicted molar refractivity (Wildman–Crippen MR) is 92.0 cm³/mol. The molecule has 3 rings (SSSR count). The Morgan fingerprint density at radius 3 is 2.26 bits per heavy atom. The molecule has 0 aliphatic carbocycles. The Hall–Kier alpha value is -2.81. The van der Waals surface area contributed by atoms with E-state index in [1.165, 1.54) is 11.1 Å². The Kier molecular flexibility index (Phi) is 4.57. The average molecular weight is 305 g/mol. The third-order valence-corrected chi connectivity index (χ3v) is 3.75. The average Bonchev–Trinajstić information content (AvgIpc) is 2.62. The van der Waals surface area contributed by atoms with E-state index in [2.05, 4.69) is 29.2 Å². The summed E-state index contributed by atoms with van der Waals surface area (Å²) in [4.78, 5) is 4.47. The Morgan fingerprint density at radius 1 is 0.783 bits per heavy atom. The van der Waals surface area contributed by atoms with Crippen molar-refractivity contribution in [3.8, 4) is 22.8 Å². The quantitative estimate of drug-likeness (QED) is 0.702. The van der Waals surface area contributed by atoms with Crippen LogP contribution in [0.5, 0.6) is 11.5 Å². The van der Waals surface area contributed by atoms with Crippen LogP contribution < -0.4 is 9.47 Å². The zero-order chi connectivity index (χ0) is 16.1. The van der Waals surface area contributed by atoms with Gasteiger partial charge in [0.2, 0.25) is 0 Å². The van der Waals surface area contributed by atoms with E-state index in [-0.39, 0.29) is 0 Å². The highest BCUT2D eigenvalue weighted by molar-refractivity contribution is 5.59. The fourth-order valence-corrected chi connectivity index (χ4v) is 2.58. The lowest BCUT2D eigenvalue weighted by molar-refractivity contribution is 0.354. The zero-order valence-electron chi connectivity index (χ0n) is 13.3. The van der Waals surface area contributed by atoms with Gasteiger partial charge in [-0.05, 0) is 41.8 Å². The molecule has 2 aromatic carbocycles. The van der Waals surface area contributed by atoms with E-state index in [1.807, 2.05) is 42.6 Å². The second kappa shape index (κ2) is 6.97. The zero-order valence-corrected chi connectivity index (χ0v) is 13.3. The van der Waals surface area contributed by atoms with Gasteiger partial charge in [0, 0.05) is 11.8 Å². The molecule has 0 atom stereocenters. The minimum atomic E-state index is 0.746. The van der Waals surface area contributed by atoms with Crippen molar-refractivity contribution < 1.29 is 9.47 Å². The van der Waals surface area contributed by atoms with Crippen LogP contribution in [0.1, 0.15) is 11.1 Å². The highest BCUT2D eigenvalue weighted by Gasteiger charge is 2.06. The van der Waals surface area contributed by atoms with Crippen LogP contribution in [0.2, 0.25) is 0 Å². The molecule has 0 bridgehead atoms. The number of rotatable bonds is 5. The lowest BCUT2D eigenvalue weighted by Crippen LogP contribution is -1.94. The first-order chi connectivity index (χ1) is 11.3. The topological polar surface area (TPSA) is 31.4 Å². The molecule has 3 heteroatoms. The van der Waals surface area contributed by atoms with Gasteiger partial charge in [-0.1, -0.05) is 36.4 Å². The molecular weight excluding hydrogens is 286 g/mol. The largest absolute Gasteiger partial charge is 0.493 e. The summed E-state index contributed by atoms with van der Waals surface area (Å²) < 4.78 is 10.7. The molecule has 3 nitrogen and oxygen atoms in total. The highest BCUT2D eigenvalue weighted by atomic mass is 16.5. The first-order valence-electron chi connectivity index (χ1n) is 7.51. The van der Waals surface area contributed by atoms with Gasteiger partial charge in [-0.3, -0.25) is 4.98 Å². The second-order valence-electron chi connectivity index (χ2n) is 5.28. The van der Waals surface area contributed by atoms with Crippen LogP contribution >= 0.6 is 0 Å². The third-order valence-electron chi connectivity index (χ3n) is 3.75. The lowest BCUT2D eigenvalue weighted by Gasteiger charge is -2.10. The van der Waals surface area contributed by atoms with E-state index in [1.54, 1.807) is 14.2 Å². The maximum absolute atomic E-state index is 5.37.